The Balaban J connectivity index is 1.72. The average Bonchev–Trinajstić information content (AvgIpc) is 2.85. The summed E-state index contributed by atoms with van der Waals surface area (Å²) in [7, 11) is -1.47. The predicted octanol–water partition coefficient (Wildman–Crippen LogP) is -0.343. The third kappa shape index (κ3) is 5.55. The smallest absolute Gasteiger partial charge is 0.239 e. The SMILES string of the molecule is COc1ccc(CC(=O)NCC(=O)NC2CCS(=O)(=O)C2)cc1. The van der Waals surface area contributed by atoms with E-state index < -0.39 is 9.84 Å². The van der Waals surface area contributed by atoms with Gasteiger partial charge in [0.05, 0.1) is 31.6 Å². The largest absolute Gasteiger partial charge is 0.497 e. The molecule has 7 nitrogen and oxygen atoms in total. The number of hydrogen-bond acceptors (Lipinski definition) is 5. The van der Waals surface area contributed by atoms with E-state index in [2.05, 4.69) is 10.6 Å². The van der Waals surface area contributed by atoms with Gasteiger partial charge in [-0.25, -0.2) is 8.42 Å². The van der Waals surface area contributed by atoms with E-state index in [4.69, 9.17) is 4.74 Å². The van der Waals surface area contributed by atoms with Crippen LogP contribution in [0, 0.1) is 0 Å². The Morgan fingerprint density at radius 2 is 1.91 bits per heavy atom. The second kappa shape index (κ2) is 7.45. The Bertz CT molecular complexity index is 670. The van der Waals surface area contributed by atoms with E-state index in [-0.39, 0.29) is 42.3 Å². The molecule has 23 heavy (non-hydrogen) atoms. The number of ether oxygens (including phenoxy) is 1. The van der Waals surface area contributed by atoms with Crippen LogP contribution in [-0.4, -0.2) is 51.4 Å². The molecule has 2 rings (SSSR count). The van der Waals surface area contributed by atoms with Crippen molar-refractivity contribution in [1.29, 1.82) is 0 Å². The first-order valence-electron chi connectivity index (χ1n) is 7.27. The standard InChI is InChI=1S/C15H20N2O5S/c1-22-13-4-2-11(3-5-13)8-14(18)16-9-15(19)17-12-6-7-23(20,21)10-12/h2-5,12H,6-10H2,1H3,(H,16,18)(H,17,19). The summed E-state index contributed by atoms with van der Waals surface area (Å²) in [6, 6.07) is 6.72. The molecule has 0 bridgehead atoms. The van der Waals surface area contributed by atoms with Gasteiger partial charge in [-0.15, -0.1) is 0 Å². The molecule has 1 atom stereocenters. The van der Waals surface area contributed by atoms with Crippen molar-refractivity contribution in [2.24, 2.45) is 0 Å². The lowest BCUT2D eigenvalue weighted by Gasteiger charge is -2.11. The average molecular weight is 340 g/mol. The maximum Gasteiger partial charge on any atom is 0.239 e. The van der Waals surface area contributed by atoms with Crippen LogP contribution in [0.25, 0.3) is 0 Å². The van der Waals surface area contributed by atoms with Gasteiger partial charge in [0.2, 0.25) is 11.8 Å². The zero-order valence-corrected chi connectivity index (χ0v) is 13.7. The van der Waals surface area contributed by atoms with Crippen LogP contribution in [-0.2, 0) is 25.8 Å². The molecule has 0 aliphatic carbocycles. The Morgan fingerprint density at radius 3 is 2.48 bits per heavy atom. The minimum Gasteiger partial charge on any atom is -0.497 e. The maximum absolute atomic E-state index is 11.8. The normalized spacial score (nSPS) is 19.1. The molecule has 1 aliphatic rings. The van der Waals surface area contributed by atoms with Crippen LogP contribution in [0.5, 0.6) is 5.75 Å². The minimum atomic E-state index is -3.03. The number of rotatable bonds is 6. The summed E-state index contributed by atoms with van der Waals surface area (Å²) >= 11 is 0. The number of methoxy groups -OCH3 is 1. The molecule has 1 aliphatic heterocycles. The molecule has 1 heterocycles. The molecule has 126 valence electrons. The molecule has 8 heteroatoms. The maximum atomic E-state index is 11.8. The quantitative estimate of drug-likeness (QED) is 0.737. The van der Waals surface area contributed by atoms with Crippen molar-refractivity contribution >= 4 is 21.7 Å². The van der Waals surface area contributed by atoms with Gasteiger partial charge in [-0.05, 0) is 24.1 Å². The topological polar surface area (TPSA) is 102 Å². The Hall–Kier alpha value is -2.09. The number of carbonyl (C=O) groups excluding carboxylic acids is 2. The van der Waals surface area contributed by atoms with Crippen molar-refractivity contribution in [3.05, 3.63) is 29.8 Å². The van der Waals surface area contributed by atoms with Crippen LogP contribution < -0.4 is 15.4 Å². The molecule has 2 N–H and O–H groups in total. The number of nitrogens with one attached hydrogen (secondary N) is 2. The van der Waals surface area contributed by atoms with Gasteiger partial charge in [-0.1, -0.05) is 12.1 Å². The van der Waals surface area contributed by atoms with Gasteiger partial charge in [0.25, 0.3) is 0 Å². The van der Waals surface area contributed by atoms with E-state index in [9.17, 15) is 18.0 Å². The van der Waals surface area contributed by atoms with Gasteiger partial charge in [0.1, 0.15) is 5.75 Å². The molecule has 1 aromatic carbocycles. The summed E-state index contributed by atoms with van der Waals surface area (Å²) in [6.07, 6.45) is 0.586. The summed E-state index contributed by atoms with van der Waals surface area (Å²) in [5, 5.41) is 5.14. The number of amides is 2. The van der Waals surface area contributed by atoms with Gasteiger partial charge < -0.3 is 15.4 Å². The minimum absolute atomic E-state index is 0.0292. The van der Waals surface area contributed by atoms with Crippen LogP contribution >= 0.6 is 0 Å². The lowest BCUT2D eigenvalue weighted by atomic mass is 10.1. The first-order chi connectivity index (χ1) is 10.9. The second-order valence-corrected chi connectivity index (χ2v) is 7.70. The first-order valence-corrected chi connectivity index (χ1v) is 9.09. The molecule has 0 spiro atoms. The van der Waals surface area contributed by atoms with Gasteiger partial charge in [0.15, 0.2) is 9.84 Å². The van der Waals surface area contributed by atoms with Crippen molar-refractivity contribution in [2.75, 3.05) is 25.2 Å². The molecular formula is C15H20N2O5S. The van der Waals surface area contributed by atoms with E-state index in [0.29, 0.717) is 12.2 Å². The molecule has 2 amide bonds. The van der Waals surface area contributed by atoms with E-state index in [1.165, 1.54) is 0 Å². The monoisotopic (exact) mass is 340 g/mol. The Kier molecular flexibility index (Phi) is 5.59. The predicted molar refractivity (Wildman–Crippen MR) is 84.9 cm³/mol. The molecule has 1 unspecified atom stereocenters. The molecule has 0 saturated carbocycles. The molecule has 0 radical (unpaired) electrons. The molecule has 1 aromatic rings. The Morgan fingerprint density at radius 1 is 1.22 bits per heavy atom. The first kappa shape index (κ1) is 17.3. The van der Waals surface area contributed by atoms with Crippen molar-refractivity contribution in [3.63, 3.8) is 0 Å². The van der Waals surface area contributed by atoms with Crippen LogP contribution in [0.4, 0.5) is 0 Å². The van der Waals surface area contributed by atoms with Gasteiger partial charge in [-0.3, -0.25) is 9.59 Å². The third-order valence-corrected chi connectivity index (χ3v) is 5.34. The molecule has 1 saturated heterocycles. The molecule has 1 fully saturated rings. The lowest BCUT2D eigenvalue weighted by Crippen LogP contribution is -2.42. The summed E-state index contributed by atoms with van der Waals surface area (Å²) in [4.78, 5) is 23.5. The van der Waals surface area contributed by atoms with E-state index >= 15 is 0 Å². The van der Waals surface area contributed by atoms with E-state index in [0.717, 1.165) is 5.56 Å². The van der Waals surface area contributed by atoms with Crippen LogP contribution in [0.15, 0.2) is 24.3 Å². The summed E-state index contributed by atoms with van der Waals surface area (Å²) < 4.78 is 27.6. The number of benzene rings is 1. The van der Waals surface area contributed by atoms with E-state index in [1.54, 1.807) is 31.4 Å². The van der Waals surface area contributed by atoms with Crippen LogP contribution in [0.2, 0.25) is 0 Å². The fourth-order valence-corrected chi connectivity index (χ4v) is 4.03. The number of carbonyl (C=O) groups is 2. The van der Waals surface area contributed by atoms with Crippen molar-refractivity contribution in [3.8, 4) is 5.75 Å². The van der Waals surface area contributed by atoms with Crippen molar-refractivity contribution < 1.29 is 22.7 Å². The zero-order valence-electron chi connectivity index (χ0n) is 12.9. The summed E-state index contributed by atoms with van der Waals surface area (Å²) in [5.41, 5.74) is 0.811. The van der Waals surface area contributed by atoms with Gasteiger partial charge >= 0.3 is 0 Å². The number of sulfone groups is 1. The highest BCUT2D eigenvalue weighted by molar-refractivity contribution is 7.91. The van der Waals surface area contributed by atoms with Crippen molar-refractivity contribution in [2.45, 2.75) is 18.9 Å². The number of hydrogen-bond donors (Lipinski definition) is 2. The highest BCUT2D eigenvalue weighted by Crippen LogP contribution is 2.12. The second-order valence-electron chi connectivity index (χ2n) is 5.47. The highest BCUT2D eigenvalue weighted by Gasteiger charge is 2.28. The van der Waals surface area contributed by atoms with Crippen molar-refractivity contribution in [1.82, 2.24) is 10.6 Å². The third-order valence-electron chi connectivity index (χ3n) is 3.57. The summed E-state index contributed by atoms with van der Waals surface area (Å²) in [6.45, 7) is -0.161. The highest BCUT2D eigenvalue weighted by atomic mass is 32.2. The molecule has 0 aromatic heterocycles. The fourth-order valence-electron chi connectivity index (χ4n) is 2.36. The Labute approximate surface area is 135 Å². The van der Waals surface area contributed by atoms with Crippen LogP contribution in [0.3, 0.4) is 0 Å². The summed E-state index contributed by atoms with van der Waals surface area (Å²) in [5.74, 6) is 0.125. The van der Waals surface area contributed by atoms with Gasteiger partial charge in [0, 0.05) is 6.04 Å². The lowest BCUT2D eigenvalue weighted by molar-refractivity contribution is -0.126. The van der Waals surface area contributed by atoms with Crippen LogP contribution in [0.1, 0.15) is 12.0 Å². The van der Waals surface area contributed by atoms with E-state index in [1.807, 2.05) is 0 Å². The molecular weight excluding hydrogens is 320 g/mol. The zero-order chi connectivity index (χ0) is 16.9. The van der Waals surface area contributed by atoms with Gasteiger partial charge in [-0.2, -0.15) is 0 Å². The fraction of sp³-hybridized carbons (Fsp3) is 0.467.